The third-order valence-corrected chi connectivity index (χ3v) is 3.84. The lowest BCUT2D eigenvalue weighted by Crippen LogP contribution is -2.62. The van der Waals surface area contributed by atoms with Crippen LogP contribution in [-0.4, -0.2) is 34.7 Å². The molecule has 4 nitrogen and oxygen atoms in total. The van der Waals surface area contributed by atoms with E-state index in [1.54, 1.807) is 0 Å². The number of amides is 1. The highest BCUT2D eigenvalue weighted by molar-refractivity contribution is 5.69. The van der Waals surface area contributed by atoms with E-state index in [2.05, 4.69) is 0 Å². The molecule has 1 heterocycles. The summed E-state index contributed by atoms with van der Waals surface area (Å²) in [4.78, 5) is 14.1. The summed E-state index contributed by atoms with van der Waals surface area (Å²) in [5.74, 6) is 0. The Morgan fingerprint density at radius 3 is 2.53 bits per heavy atom. The van der Waals surface area contributed by atoms with Crippen molar-refractivity contribution in [2.45, 2.75) is 70.1 Å². The number of rotatable bonds is 0. The van der Waals surface area contributed by atoms with E-state index in [1.165, 1.54) is 6.42 Å². The molecule has 1 spiro atoms. The summed E-state index contributed by atoms with van der Waals surface area (Å²) < 4.78 is 5.49. The maximum Gasteiger partial charge on any atom is 0.410 e. The quantitative estimate of drug-likeness (QED) is 0.706. The van der Waals surface area contributed by atoms with Crippen LogP contribution in [0.2, 0.25) is 0 Å². The van der Waals surface area contributed by atoms with Gasteiger partial charge in [-0.25, -0.2) is 4.79 Å². The zero-order chi connectivity index (χ0) is 12.7. The molecule has 1 saturated carbocycles. The van der Waals surface area contributed by atoms with E-state index < -0.39 is 5.60 Å². The fraction of sp³-hybridized carbons (Fsp3) is 0.923. The highest BCUT2D eigenvalue weighted by Crippen LogP contribution is 2.44. The summed E-state index contributed by atoms with van der Waals surface area (Å²) in [6.07, 6.45) is 5.03. The molecule has 0 bridgehead atoms. The fourth-order valence-corrected chi connectivity index (χ4v) is 2.89. The molecule has 0 unspecified atom stereocenters. The van der Waals surface area contributed by atoms with Crippen molar-refractivity contribution < 1.29 is 9.53 Å². The van der Waals surface area contributed by atoms with Crippen LogP contribution in [0.15, 0.2) is 0 Å². The largest absolute Gasteiger partial charge is 0.444 e. The SMILES string of the molecule is CC(C)(C)OC(=O)N1CC[C@H](N)CC12CCC2. The standard InChI is InChI=1S/C13H24N2O2/c1-12(2,3)17-11(16)15-8-5-10(14)9-13(15)6-4-7-13/h10H,4-9,14H2,1-3H3/t10-/m0/s1. The van der Waals surface area contributed by atoms with Gasteiger partial charge in [0, 0.05) is 18.1 Å². The van der Waals surface area contributed by atoms with Crippen LogP contribution in [0.3, 0.4) is 0 Å². The van der Waals surface area contributed by atoms with Crippen molar-refractivity contribution in [1.29, 1.82) is 0 Å². The summed E-state index contributed by atoms with van der Waals surface area (Å²) in [6, 6.07) is 0.244. The zero-order valence-corrected chi connectivity index (χ0v) is 11.2. The monoisotopic (exact) mass is 240 g/mol. The van der Waals surface area contributed by atoms with Gasteiger partial charge in [0.15, 0.2) is 0 Å². The molecular formula is C13H24N2O2. The van der Waals surface area contributed by atoms with Crippen molar-refractivity contribution in [1.82, 2.24) is 4.90 Å². The van der Waals surface area contributed by atoms with Crippen molar-refractivity contribution in [2.24, 2.45) is 5.73 Å². The smallest absolute Gasteiger partial charge is 0.410 e. The molecule has 0 radical (unpaired) electrons. The lowest BCUT2D eigenvalue weighted by atomic mass is 9.69. The first-order valence-corrected chi connectivity index (χ1v) is 6.59. The lowest BCUT2D eigenvalue weighted by Gasteiger charge is -2.54. The van der Waals surface area contributed by atoms with Crippen molar-refractivity contribution in [3.8, 4) is 0 Å². The average molecular weight is 240 g/mol. The van der Waals surface area contributed by atoms with Gasteiger partial charge < -0.3 is 15.4 Å². The van der Waals surface area contributed by atoms with Crippen LogP contribution in [0.1, 0.15) is 52.9 Å². The highest BCUT2D eigenvalue weighted by Gasteiger charge is 2.49. The van der Waals surface area contributed by atoms with Crippen LogP contribution in [-0.2, 0) is 4.74 Å². The third-order valence-electron chi connectivity index (χ3n) is 3.84. The van der Waals surface area contributed by atoms with Gasteiger partial charge in [-0.15, -0.1) is 0 Å². The molecule has 17 heavy (non-hydrogen) atoms. The Morgan fingerprint density at radius 2 is 2.06 bits per heavy atom. The Kier molecular flexibility index (Phi) is 3.10. The van der Waals surface area contributed by atoms with Crippen LogP contribution >= 0.6 is 0 Å². The summed E-state index contributed by atoms with van der Waals surface area (Å²) >= 11 is 0. The second-order valence-electron chi connectivity index (χ2n) is 6.46. The van der Waals surface area contributed by atoms with Crippen LogP contribution in [0.4, 0.5) is 4.79 Å². The van der Waals surface area contributed by atoms with Gasteiger partial charge in [0.05, 0.1) is 0 Å². The number of nitrogens with zero attached hydrogens (tertiary/aromatic N) is 1. The Balaban J connectivity index is 2.06. The van der Waals surface area contributed by atoms with E-state index in [1.807, 2.05) is 25.7 Å². The second-order valence-corrected chi connectivity index (χ2v) is 6.46. The van der Waals surface area contributed by atoms with Gasteiger partial charge in [-0.1, -0.05) is 0 Å². The van der Waals surface area contributed by atoms with E-state index in [-0.39, 0.29) is 17.7 Å². The molecule has 0 aromatic rings. The number of nitrogens with two attached hydrogens (primary N) is 1. The minimum absolute atomic E-state index is 0.0139. The van der Waals surface area contributed by atoms with Gasteiger partial charge in [0.2, 0.25) is 0 Å². The molecule has 4 heteroatoms. The van der Waals surface area contributed by atoms with E-state index in [4.69, 9.17) is 10.5 Å². The number of piperidine rings is 1. The maximum absolute atomic E-state index is 12.2. The first-order chi connectivity index (χ1) is 7.82. The molecular weight excluding hydrogens is 216 g/mol. The molecule has 1 amide bonds. The molecule has 0 aromatic heterocycles. The molecule has 1 atom stereocenters. The summed E-state index contributed by atoms with van der Waals surface area (Å²) in [7, 11) is 0. The van der Waals surface area contributed by atoms with E-state index in [9.17, 15) is 4.79 Å². The zero-order valence-electron chi connectivity index (χ0n) is 11.2. The number of carbonyl (C=O) groups is 1. The van der Waals surface area contributed by atoms with Gasteiger partial charge >= 0.3 is 6.09 Å². The predicted octanol–water partition coefficient (Wildman–Crippen LogP) is 2.27. The number of carbonyl (C=O) groups excluding carboxylic acids is 1. The highest BCUT2D eigenvalue weighted by atomic mass is 16.6. The van der Waals surface area contributed by atoms with Gasteiger partial charge in [0.1, 0.15) is 5.60 Å². The number of ether oxygens (including phenoxy) is 1. The Labute approximate surface area is 103 Å². The fourth-order valence-electron chi connectivity index (χ4n) is 2.89. The van der Waals surface area contributed by atoms with Crippen LogP contribution in [0.25, 0.3) is 0 Å². The van der Waals surface area contributed by atoms with Crippen molar-refractivity contribution in [3.05, 3.63) is 0 Å². The average Bonchev–Trinajstić information content (AvgIpc) is 2.12. The molecule has 2 aliphatic rings. The predicted molar refractivity (Wildman–Crippen MR) is 66.7 cm³/mol. The Morgan fingerprint density at radius 1 is 1.41 bits per heavy atom. The van der Waals surface area contributed by atoms with Crippen LogP contribution in [0, 0.1) is 0 Å². The van der Waals surface area contributed by atoms with Gasteiger partial charge in [-0.3, -0.25) is 0 Å². The molecule has 1 aliphatic carbocycles. The number of likely N-dealkylation sites (tertiary alicyclic amines) is 1. The summed E-state index contributed by atoms with van der Waals surface area (Å²) in [5, 5.41) is 0. The normalized spacial score (nSPS) is 27.8. The molecule has 2 N–H and O–H groups in total. The van der Waals surface area contributed by atoms with E-state index >= 15 is 0 Å². The number of hydrogen-bond donors (Lipinski definition) is 1. The Hall–Kier alpha value is -0.770. The van der Waals surface area contributed by atoms with Gasteiger partial charge in [-0.05, 0) is 52.9 Å². The first kappa shape index (κ1) is 12.7. The molecule has 1 saturated heterocycles. The Bertz CT molecular complexity index is 305. The van der Waals surface area contributed by atoms with Gasteiger partial charge in [-0.2, -0.15) is 0 Å². The third kappa shape index (κ3) is 2.57. The van der Waals surface area contributed by atoms with Crippen molar-refractivity contribution >= 4 is 6.09 Å². The van der Waals surface area contributed by atoms with Crippen molar-refractivity contribution in [2.75, 3.05) is 6.54 Å². The molecule has 1 aliphatic heterocycles. The molecule has 0 aromatic carbocycles. The minimum atomic E-state index is -0.415. The van der Waals surface area contributed by atoms with Gasteiger partial charge in [0.25, 0.3) is 0 Å². The lowest BCUT2D eigenvalue weighted by molar-refractivity contribution is -0.0464. The van der Waals surface area contributed by atoms with E-state index in [0.717, 1.165) is 32.2 Å². The summed E-state index contributed by atoms with van der Waals surface area (Å²) in [6.45, 7) is 6.48. The maximum atomic E-state index is 12.2. The van der Waals surface area contributed by atoms with E-state index in [0.29, 0.717) is 0 Å². The second kappa shape index (κ2) is 4.16. The molecule has 98 valence electrons. The van der Waals surface area contributed by atoms with Crippen molar-refractivity contribution in [3.63, 3.8) is 0 Å². The summed E-state index contributed by atoms with van der Waals surface area (Å²) in [5.41, 5.74) is 5.63. The number of hydrogen-bond acceptors (Lipinski definition) is 3. The first-order valence-electron chi connectivity index (χ1n) is 6.59. The van der Waals surface area contributed by atoms with Crippen LogP contribution in [0.5, 0.6) is 0 Å². The molecule has 2 rings (SSSR count). The topological polar surface area (TPSA) is 55.6 Å². The minimum Gasteiger partial charge on any atom is -0.444 e. The van der Waals surface area contributed by atoms with Crippen LogP contribution < -0.4 is 5.73 Å². The molecule has 2 fully saturated rings.